The van der Waals surface area contributed by atoms with Gasteiger partial charge in [0.2, 0.25) is 0 Å². The number of hydrogen-bond donors (Lipinski definition) is 1. The number of hydrogen-bond acceptors (Lipinski definition) is 3. The van der Waals surface area contributed by atoms with Crippen LogP contribution in [-0.2, 0) is 6.54 Å². The zero-order valence-corrected chi connectivity index (χ0v) is 19.2. The fraction of sp³-hybridized carbons (Fsp3) is 0.385. The van der Waals surface area contributed by atoms with E-state index in [9.17, 15) is 0 Å². The number of nitriles is 1. The molecule has 0 amide bonds. The summed E-state index contributed by atoms with van der Waals surface area (Å²) in [7, 11) is 0. The lowest BCUT2D eigenvalue weighted by atomic mass is 9.89. The second kappa shape index (κ2) is 9.26. The normalized spacial score (nSPS) is 15.4. The van der Waals surface area contributed by atoms with Crippen LogP contribution in [-0.4, -0.2) is 28.0 Å². The summed E-state index contributed by atoms with van der Waals surface area (Å²) in [6.07, 6.45) is 2.30. The number of rotatable bonds is 5. The predicted molar refractivity (Wildman–Crippen MR) is 126 cm³/mol. The molecule has 0 radical (unpaired) electrons. The minimum absolute atomic E-state index is 0.312. The van der Waals surface area contributed by atoms with Gasteiger partial charge in [-0.05, 0) is 73.7 Å². The van der Waals surface area contributed by atoms with Crippen LogP contribution in [0.3, 0.4) is 0 Å². The smallest absolute Gasteiger partial charge is 0.155 e. The summed E-state index contributed by atoms with van der Waals surface area (Å²) in [4.78, 5) is 10.5. The lowest BCUT2D eigenvalue weighted by molar-refractivity contribution is 0.204. The maximum atomic E-state index is 8.99. The van der Waals surface area contributed by atoms with Gasteiger partial charge in [0.1, 0.15) is 5.82 Å². The van der Waals surface area contributed by atoms with Crippen molar-refractivity contribution in [3.05, 3.63) is 75.7 Å². The Bertz CT molecular complexity index is 1080. The average molecular weight is 433 g/mol. The van der Waals surface area contributed by atoms with E-state index in [1.807, 2.05) is 12.1 Å². The lowest BCUT2D eigenvalue weighted by Gasteiger charge is -2.32. The zero-order chi connectivity index (χ0) is 22.0. The molecule has 0 spiro atoms. The van der Waals surface area contributed by atoms with Crippen molar-refractivity contribution < 1.29 is 0 Å². The van der Waals surface area contributed by atoms with Crippen molar-refractivity contribution in [3.63, 3.8) is 0 Å². The van der Waals surface area contributed by atoms with Crippen LogP contribution in [0.1, 0.15) is 66.6 Å². The first-order valence-electron chi connectivity index (χ1n) is 11.0. The van der Waals surface area contributed by atoms with Crippen molar-refractivity contribution in [1.29, 1.82) is 5.26 Å². The molecular formula is C26H29ClN4. The fourth-order valence-corrected chi connectivity index (χ4v) is 4.61. The Morgan fingerprint density at radius 2 is 1.87 bits per heavy atom. The molecule has 0 atom stereocenters. The quantitative estimate of drug-likeness (QED) is 0.506. The number of aryl methyl sites for hydroxylation is 1. The molecule has 160 valence electrons. The molecule has 1 aliphatic heterocycles. The van der Waals surface area contributed by atoms with Gasteiger partial charge in [0.05, 0.1) is 17.3 Å². The van der Waals surface area contributed by atoms with Gasteiger partial charge >= 0.3 is 0 Å². The first-order chi connectivity index (χ1) is 14.9. The summed E-state index contributed by atoms with van der Waals surface area (Å²) in [6.45, 7) is 9.45. The minimum Gasteiger partial charge on any atom is -0.340 e. The van der Waals surface area contributed by atoms with E-state index in [2.05, 4.69) is 72.0 Å². The van der Waals surface area contributed by atoms with Gasteiger partial charge in [-0.3, -0.25) is 4.90 Å². The summed E-state index contributed by atoms with van der Waals surface area (Å²) >= 11 is 6.46. The molecule has 2 aromatic carbocycles. The number of benzene rings is 2. The molecule has 1 N–H and O–H groups in total. The number of halogens is 1. The van der Waals surface area contributed by atoms with Gasteiger partial charge in [0, 0.05) is 18.0 Å². The molecular weight excluding hydrogens is 404 g/mol. The summed E-state index contributed by atoms with van der Waals surface area (Å²) < 4.78 is 0. The van der Waals surface area contributed by atoms with Gasteiger partial charge in [0.25, 0.3) is 0 Å². The molecule has 4 nitrogen and oxygen atoms in total. The minimum atomic E-state index is 0.312. The highest BCUT2D eigenvalue weighted by molar-refractivity contribution is 6.32. The fourth-order valence-electron chi connectivity index (χ4n) is 4.37. The number of piperidine rings is 1. The van der Waals surface area contributed by atoms with Gasteiger partial charge in [-0.1, -0.05) is 49.7 Å². The molecule has 1 aromatic heterocycles. The Morgan fingerprint density at radius 3 is 2.48 bits per heavy atom. The third kappa shape index (κ3) is 4.84. The average Bonchev–Trinajstić information content (AvgIpc) is 3.17. The molecule has 3 aromatic rings. The molecule has 31 heavy (non-hydrogen) atoms. The SMILES string of the molecule is Cc1ccc(CN2CCC(c3ccc(C#N)cc3)CC2)cc1-c1[nH]c(C(C)C)nc1Cl. The Kier molecular flexibility index (Phi) is 6.46. The van der Waals surface area contributed by atoms with Crippen molar-refractivity contribution >= 4 is 11.6 Å². The molecule has 0 saturated carbocycles. The van der Waals surface area contributed by atoms with Crippen molar-refractivity contribution in [2.45, 2.75) is 52.0 Å². The van der Waals surface area contributed by atoms with Crippen LogP contribution in [0, 0.1) is 18.3 Å². The standard InChI is InChI=1S/C26H29ClN4/c1-17(2)26-29-24(25(27)30-26)23-14-20(5-4-18(23)3)16-31-12-10-22(11-13-31)21-8-6-19(15-28)7-9-21/h4-9,14,17,22H,10-13,16H2,1-3H3,(H,29,30). The number of nitrogens with one attached hydrogen (secondary N) is 1. The van der Waals surface area contributed by atoms with Crippen LogP contribution in [0.4, 0.5) is 0 Å². The number of likely N-dealkylation sites (tertiary alicyclic amines) is 1. The lowest BCUT2D eigenvalue weighted by Crippen LogP contribution is -2.32. The molecule has 1 aliphatic rings. The number of H-pyrrole nitrogens is 1. The van der Waals surface area contributed by atoms with Crippen molar-refractivity contribution in [2.75, 3.05) is 13.1 Å². The highest BCUT2D eigenvalue weighted by atomic mass is 35.5. The van der Waals surface area contributed by atoms with Crippen molar-refractivity contribution in [2.24, 2.45) is 0 Å². The van der Waals surface area contributed by atoms with E-state index in [1.165, 1.54) is 16.7 Å². The van der Waals surface area contributed by atoms with Crippen LogP contribution < -0.4 is 0 Å². The Balaban J connectivity index is 1.44. The molecule has 0 unspecified atom stereocenters. The summed E-state index contributed by atoms with van der Waals surface area (Å²) in [5.41, 5.74) is 6.64. The van der Waals surface area contributed by atoms with Crippen LogP contribution in [0.25, 0.3) is 11.3 Å². The number of aromatic nitrogens is 2. The van der Waals surface area contributed by atoms with Gasteiger partial charge in [-0.15, -0.1) is 0 Å². The summed E-state index contributed by atoms with van der Waals surface area (Å²) in [5, 5.41) is 9.54. The Labute approximate surface area is 189 Å². The van der Waals surface area contributed by atoms with Gasteiger partial charge in [0.15, 0.2) is 5.15 Å². The topological polar surface area (TPSA) is 55.7 Å². The first kappa shape index (κ1) is 21.6. The van der Waals surface area contributed by atoms with E-state index in [1.54, 1.807) is 0 Å². The van der Waals surface area contributed by atoms with Gasteiger partial charge in [-0.25, -0.2) is 4.98 Å². The van der Waals surface area contributed by atoms with E-state index in [4.69, 9.17) is 16.9 Å². The summed E-state index contributed by atoms with van der Waals surface area (Å²) in [5.74, 6) is 1.82. The largest absolute Gasteiger partial charge is 0.340 e. The van der Waals surface area contributed by atoms with Crippen LogP contribution in [0.2, 0.25) is 5.15 Å². The monoisotopic (exact) mass is 432 g/mol. The summed E-state index contributed by atoms with van der Waals surface area (Å²) in [6, 6.07) is 17.0. The Hall–Kier alpha value is -2.61. The van der Waals surface area contributed by atoms with E-state index in [-0.39, 0.29) is 0 Å². The van der Waals surface area contributed by atoms with Crippen molar-refractivity contribution in [1.82, 2.24) is 14.9 Å². The van der Waals surface area contributed by atoms with E-state index in [0.29, 0.717) is 17.0 Å². The molecule has 5 heteroatoms. The Morgan fingerprint density at radius 1 is 1.16 bits per heavy atom. The third-order valence-electron chi connectivity index (χ3n) is 6.30. The maximum absolute atomic E-state index is 8.99. The van der Waals surface area contributed by atoms with E-state index in [0.717, 1.165) is 55.1 Å². The highest BCUT2D eigenvalue weighted by Gasteiger charge is 2.21. The van der Waals surface area contributed by atoms with Gasteiger partial charge in [-0.2, -0.15) is 5.26 Å². The number of aromatic amines is 1. The third-order valence-corrected chi connectivity index (χ3v) is 6.57. The number of nitrogens with zero attached hydrogens (tertiary/aromatic N) is 3. The van der Waals surface area contributed by atoms with Crippen molar-refractivity contribution in [3.8, 4) is 17.3 Å². The number of imidazole rings is 1. The van der Waals surface area contributed by atoms with E-state index >= 15 is 0 Å². The molecule has 2 heterocycles. The van der Waals surface area contributed by atoms with E-state index < -0.39 is 0 Å². The molecule has 4 rings (SSSR count). The molecule has 0 bridgehead atoms. The van der Waals surface area contributed by atoms with Crippen LogP contribution >= 0.6 is 11.6 Å². The highest BCUT2D eigenvalue weighted by Crippen LogP contribution is 2.32. The second-order valence-electron chi connectivity index (χ2n) is 8.88. The van der Waals surface area contributed by atoms with Crippen LogP contribution in [0.5, 0.6) is 0 Å². The zero-order valence-electron chi connectivity index (χ0n) is 18.5. The predicted octanol–water partition coefficient (Wildman–Crippen LogP) is 6.41. The second-order valence-corrected chi connectivity index (χ2v) is 9.23. The van der Waals surface area contributed by atoms with Crippen LogP contribution in [0.15, 0.2) is 42.5 Å². The molecule has 1 saturated heterocycles. The maximum Gasteiger partial charge on any atom is 0.155 e. The first-order valence-corrected chi connectivity index (χ1v) is 11.4. The van der Waals surface area contributed by atoms with Gasteiger partial charge < -0.3 is 4.98 Å². The molecule has 0 aliphatic carbocycles. The molecule has 1 fully saturated rings.